The Balaban J connectivity index is 1.40. The highest BCUT2D eigenvalue weighted by atomic mass is 16.2. The quantitative estimate of drug-likeness (QED) is 0.906. The van der Waals surface area contributed by atoms with Gasteiger partial charge in [0.05, 0.1) is 6.54 Å². The van der Waals surface area contributed by atoms with E-state index in [-0.39, 0.29) is 11.7 Å². The second kappa shape index (κ2) is 7.94. The Morgan fingerprint density at radius 3 is 2.85 bits per heavy atom. The first-order valence-electron chi connectivity index (χ1n) is 9.85. The summed E-state index contributed by atoms with van der Waals surface area (Å²) in [7, 11) is 0. The molecule has 1 aromatic heterocycles. The van der Waals surface area contributed by atoms with Crippen molar-refractivity contribution in [3.05, 3.63) is 58.8 Å². The first-order chi connectivity index (χ1) is 13.2. The molecule has 2 unspecified atom stereocenters. The van der Waals surface area contributed by atoms with Gasteiger partial charge in [0.15, 0.2) is 0 Å². The van der Waals surface area contributed by atoms with E-state index >= 15 is 0 Å². The third-order valence-electron chi connectivity index (χ3n) is 5.89. The highest BCUT2D eigenvalue weighted by molar-refractivity contribution is 5.89. The number of anilines is 1. The fraction of sp³-hybridized carbons (Fsp3) is 0.476. The van der Waals surface area contributed by atoms with Crippen LogP contribution < -0.4 is 11.0 Å². The number of aromatic nitrogens is 2. The highest BCUT2D eigenvalue weighted by Crippen LogP contribution is 2.36. The van der Waals surface area contributed by atoms with Crippen LogP contribution in [0.15, 0.2) is 47.5 Å². The fourth-order valence-electron chi connectivity index (χ4n) is 4.44. The smallest absolute Gasteiger partial charge is 0.324 e. The molecule has 2 aromatic rings. The van der Waals surface area contributed by atoms with E-state index in [1.54, 1.807) is 16.8 Å². The molecule has 2 fully saturated rings. The van der Waals surface area contributed by atoms with Crippen molar-refractivity contribution in [2.75, 3.05) is 18.4 Å². The molecule has 6 heteroatoms. The Labute approximate surface area is 159 Å². The summed E-state index contributed by atoms with van der Waals surface area (Å²) in [6.07, 6.45) is 9.56. The number of nitrogens with zero attached hydrogens (tertiary/aromatic N) is 3. The third-order valence-corrected chi connectivity index (χ3v) is 5.89. The maximum atomic E-state index is 12.7. The lowest BCUT2D eigenvalue weighted by Crippen LogP contribution is -2.46. The first kappa shape index (κ1) is 17.8. The molecule has 2 aliphatic rings. The lowest BCUT2D eigenvalue weighted by Gasteiger charge is -2.41. The van der Waals surface area contributed by atoms with Gasteiger partial charge in [-0.3, -0.25) is 4.57 Å². The van der Waals surface area contributed by atoms with Crippen molar-refractivity contribution < 1.29 is 4.79 Å². The molecule has 0 radical (unpaired) electrons. The van der Waals surface area contributed by atoms with E-state index < -0.39 is 0 Å². The number of amides is 2. The first-order valence-corrected chi connectivity index (χ1v) is 9.85. The van der Waals surface area contributed by atoms with Crippen LogP contribution in [0.4, 0.5) is 10.5 Å². The van der Waals surface area contributed by atoms with E-state index in [9.17, 15) is 9.59 Å². The van der Waals surface area contributed by atoms with Crippen molar-refractivity contribution >= 4 is 11.7 Å². The van der Waals surface area contributed by atoms with E-state index in [0.717, 1.165) is 36.7 Å². The van der Waals surface area contributed by atoms with E-state index in [2.05, 4.69) is 10.3 Å². The molecule has 1 aliphatic carbocycles. The summed E-state index contributed by atoms with van der Waals surface area (Å²) in [5.74, 6) is 1.48. The normalized spacial score (nSPS) is 22.1. The predicted molar refractivity (Wildman–Crippen MR) is 105 cm³/mol. The number of hydrogen-bond acceptors (Lipinski definition) is 3. The molecule has 2 amide bonds. The van der Waals surface area contributed by atoms with Crippen molar-refractivity contribution in [1.82, 2.24) is 14.5 Å². The summed E-state index contributed by atoms with van der Waals surface area (Å²) in [6.45, 7) is 2.16. The van der Waals surface area contributed by atoms with Crippen molar-refractivity contribution in [1.29, 1.82) is 0 Å². The van der Waals surface area contributed by atoms with Crippen LogP contribution in [0.25, 0.3) is 0 Å². The molecule has 0 bridgehead atoms. The summed E-state index contributed by atoms with van der Waals surface area (Å²) < 4.78 is 1.55. The minimum atomic E-state index is -0.276. The maximum Gasteiger partial charge on any atom is 0.347 e. The molecular weight excluding hydrogens is 340 g/mol. The van der Waals surface area contributed by atoms with Crippen molar-refractivity contribution in [3.8, 4) is 0 Å². The third kappa shape index (κ3) is 4.21. The van der Waals surface area contributed by atoms with Gasteiger partial charge in [-0.25, -0.2) is 14.6 Å². The Kier molecular flexibility index (Phi) is 5.23. The molecule has 2 heterocycles. The van der Waals surface area contributed by atoms with Gasteiger partial charge in [-0.05, 0) is 48.4 Å². The van der Waals surface area contributed by atoms with Crippen LogP contribution in [-0.4, -0.2) is 33.6 Å². The predicted octanol–water partition coefficient (Wildman–Crippen LogP) is 3.34. The van der Waals surface area contributed by atoms with Gasteiger partial charge in [0.1, 0.15) is 0 Å². The number of hydrogen-bond donors (Lipinski definition) is 1. The van der Waals surface area contributed by atoms with Gasteiger partial charge in [-0.1, -0.05) is 31.4 Å². The molecule has 1 aliphatic heterocycles. The molecule has 142 valence electrons. The summed E-state index contributed by atoms with van der Waals surface area (Å²) in [5, 5.41) is 3.03. The van der Waals surface area contributed by atoms with Gasteiger partial charge in [-0.15, -0.1) is 0 Å². The zero-order chi connectivity index (χ0) is 18.6. The Morgan fingerprint density at radius 2 is 2.00 bits per heavy atom. The summed E-state index contributed by atoms with van der Waals surface area (Å²) in [6, 6.07) is 9.38. The average molecular weight is 366 g/mol. The minimum absolute atomic E-state index is 0.0188. The molecule has 2 atom stereocenters. The Morgan fingerprint density at radius 1 is 1.15 bits per heavy atom. The average Bonchev–Trinajstić information content (AvgIpc) is 2.70. The Hall–Kier alpha value is -2.63. The molecule has 27 heavy (non-hydrogen) atoms. The van der Waals surface area contributed by atoms with Crippen LogP contribution in [0, 0.1) is 11.8 Å². The van der Waals surface area contributed by atoms with Crippen LogP contribution >= 0.6 is 0 Å². The SMILES string of the molecule is O=C(Nc1cccc(Cn2cccnc2=O)c1)N1CCC2CCCCC2C1. The fourth-order valence-corrected chi connectivity index (χ4v) is 4.44. The zero-order valence-corrected chi connectivity index (χ0v) is 15.5. The molecule has 1 aromatic carbocycles. The number of piperidine rings is 1. The monoisotopic (exact) mass is 366 g/mol. The Bertz CT molecular complexity index is 863. The molecule has 1 saturated carbocycles. The van der Waals surface area contributed by atoms with Gasteiger partial charge in [0.25, 0.3) is 0 Å². The van der Waals surface area contributed by atoms with E-state index in [1.807, 2.05) is 29.2 Å². The standard InChI is InChI=1S/C21H26N4O2/c26-20-22-10-4-11-24(20)14-16-5-3-8-19(13-16)23-21(27)25-12-9-17-6-1-2-7-18(17)15-25/h3-5,8,10-11,13,17-18H,1-2,6-7,9,12,14-15H2,(H,23,27). The minimum Gasteiger partial charge on any atom is -0.324 e. The number of benzene rings is 1. The number of nitrogens with one attached hydrogen (secondary N) is 1. The molecule has 1 saturated heterocycles. The summed E-state index contributed by atoms with van der Waals surface area (Å²) >= 11 is 0. The number of carbonyl (C=O) groups is 1. The van der Waals surface area contributed by atoms with Gasteiger partial charge < -0.3 is 10.2 Å². The van der Waals surface area contributed by atoms with E-state index in [4.69, 9.17) is 0 Å². The van der Waals surface area contributed by atoms with E-state index in [0.29, 0.717) is 12.5 Å². The second-order valence-electron chi connectivity index (χ2n) is 7.70. The van der Waals surface area contributed by atoms with Gasteiger partial charge in [0, 0.05) is 31.2 Å². The highest BCUT2D eigenvalue weighted by Gasteiger charge is 2.32. The number of likely N-dealkylation sites (tertiary alicyclic amines) is 1. The molecule has 6 nitrogen and oxygen atoms in total. The lowest BCUT2D eigenvalue weighted by molar-refractivity contribution is 0.108. The number of rotatable bonds is 3. The molecule has 1 N–H and O–H groups in total. The lowest BCUT2D eigenvalue weighted by atomic mass is 9.75. The van der Waals surface area contributed by atoms with Crippen LogP contribution in [0.5, 0.6) is 0 Å². The van der Waals surface area contributed by atoms with Gasteiger partial charge in [0.2, 0.25) is 0 Å². The van der Waals surface area contributed by atoms with E-state index in [1.165, 1.54) is 31.9 Å². The van der Waals surface area contributed by atoms with Crippen LogP contribution in [0.3, 0.4) is 0 Å². The molecule has 4 rings (SSSR count). The van der Waals surface area contributed by atoms with Crippen LogP contribution in [0.1, 0.15) is 37.7 Å². The van der Waals surface area contributed by atoms with Crippen molar-refractivity contribution in [2.24, 2.45) is 11.8 Å². The maximum absolute atomic E-state index is 12.7. The zero-order valence-electron chi connectivity index (χ0n) is 15.5. The largest absolute Gasteiger partial charge is 0.347 e. The number of carbonyl (C=O) groups excluding carboxylic acids is 1. The van der Waals surface area contributed by atoms with Crippen molar-refractivity contribution in [3.63, 3.8) is 0 Å². The topological polar surface area (TPSA) is 67.2 Å². The van der Waals surface area contributed by atoms with Crippen LogP contribution in [-0.2, 0) is 6.54 Å². The summed E-state index contributed by atoms with van der Waals surface area (Å²) in [4.78, 5) is 30.2. The number of fused-ring (bicyclic) bond motifs is 1. The van der Waals surface area contributed by atoms with Crippen molar-refractivity contribution in [2.45, 2.75) is 38.6 Å². The van der Waals surface area contributed by atoms with Gasteiger partial charge >= 0.3 is 11.7 Å². The molecule has 0 spiro atoms. The van der Waals surface area contributed by atoms with Crippen LogP contribution in [0.2, 0.25) is 0 Å². The second-order valence-corrected chi connectivity index (χ2v) is 7.70. The summed E-state index contributed by atoms with van der Waals surface area (Å²) in [5.41, 5.74) is 1.44. The van der Waals surface area contributed by atoms with Gasteiger partial charge in [-0.2, -0.15) is 0 Å². The molecular formula is C21H26N4O2. The number of urea groups is 1.